The lowest BCUT2D eigenvalue weighted by molar-refractivity contribution is 0.0626. The molecule has 0 spiro atoms. The summed E-state index contributed by atoms with van der Waals surface area (Å²) in [5.41, 5.74) is 2.72. The smallest absolute Gasteiger partial charge is 0.272 e. The molecule has 0 atom stereocenters. The van der Waals surface area contributed by atoms with E-state index in [-0.39, 0.29) is 11.5 Å². The lowest BCUT2D eigenvalue weighted by Crippen LogP contribution is -2.49. The molecule has 0 unspecified atom stereocenters. The van der Waals surface area contributed by atoms with Gasteiger partial charge in [0, 0.05) is 38.8 Å². The molecule has 2 aromatic rings. The summed E-state index contributed by atoms with van der Waals surface area (Å²) in [7, 11) is 0. The molecule has 0 aromatic carbocycles. The Morgan fingerprint density at radius 2 is 2.00 bits per heavy atom. The molecule has 132 valence electrons. The molecule has 0 radical (unpaired) electrons. The molecule has 1 aliphatic carbocycles. The van der Waals surface area contributed by atoms with E-state index < -0.39 is 0 Å². The number of aromatic amines is 1. The second-order valence-electron chi connectivity index (χ2n) is 6.63. The van der Waals surface area contributed by atoms with Crippen LogP contribution in [0, 0.1) is 0 Å². The largest absolute Gasteiger partial charge is 0.341 e. The molecular formula is C17H22N6O2. The van der Waals surface area contributed by atoms with E-state index in [9.17, 15) is 9.59 Å². The number of hydrogen-bond acceptors (Lipinski definition) is 5. The average Bonchev–Trinajstić information content (AvgIpc) is 3.31. The van der Waals surface area contributed by atoms with E-state index in [0.29, 0.717) is 25.3 Å². The van der Waals surface area contributed by atoms with Gasteiger partial charge in [-0.25, -0.2) is 9.67 Å². The molecule has 8 heteroatoms. The van der Waals surface area contributed by atoms with Crippen molar-refractivity contribution in [2.45, 2.75) is 25.8 Å². The Morgan fingerprint density at radius 3 is 2.76 bits per heavy atom. The first-order valence-corrected chi connectivity index (χ1v) is 8.80. The fraction of sp³-hybridized carbons (Fsp3) is 0.529. The molecule has 1 saturated heterocycles. The molecule has 1 amide bonds. The first-order valence-electron chi connectivity index (χ1n) is 8.80. The number of carbonyl (C=O) groups is 1. The number of aryl methyl sites for hydroxylation is 2. The van der Waals surface area contributed by atoms with E-state index in [2.05, 4.69) is 20.0 Å². The molecular weight excluding hydrogens is 320 g/mol. The van der Waals surface area contributed by atoms with Crippen LogP contribution in [0.25, 0.3) is 0 Å². The third-order valence-corrected chi connectivity index (χ3v) is 5.04. The lowest BCUT2D eigenvalue weighted by Gasteiger charge is -2.34. The highest BCUT2D eigenvalue weighted by molar-refractivity contribution is 5.92. The van der Waals surface area contributed by atoms with Crippen LogP contribution in [0.3, 0.4) is 0 Å². The molecule has 2 aliphatic rings. The molecule has 1 fully saturated rings. The van der Waals surface area contributed by atoms with Crippen molar-refractivity contribution in [1.29, 1.82) is 0 Å². The van der Waals surface area contributed by atoms with Crippen molar-refractivity contribution >= 4 is 5.91 Å². The Morgan fingerprint density at radius 1 is 1.16 bits per heavy atom. The topological polar surface area (TPSA) is 87.1 Å². The van der Waals surface area contributed by atoms with Gasteiger partial charge in [-0.05, 0) is 24.8 Å². The van der Waals surface area contributed by atoms with Crippen molar-refractivity contribution < 1.29 is 4.79 Å². The monoisotopic (exact) mass is 342 g/mol. The van der Waals surface area contributed by atoms with E-state index in [1.807, 2.05) is 4.90 Å². The Labute approximate surface area is 145 Å². The number of nitrogens with zero attached hydrogens (tertiary/aromatic N) is 5. The summed E-state index contributed by atoms with van der Waals surface area (Å²) in [5.74, 6) is -0.00587. The summed E-state index contributed by atoms with van der Waals surface area (Å²) in [4.78, 5) is 35.3. The Kier molecular flexibility index (Phi) is 4.35. The lowest BCUT2D eigenvalue weighted by atomic mass is 10.2. The van der Waals surface area contributed by atoms with Crippen molar-refractivity contribution in [2.24, 2.45) is 0 Å². The minimum atomic E-state index is -0.00587. The van der Waals surface area contributed by atoms with Crippen molar-refractivity contribution in [3.8, 4) is 0 Å². The van der Waals surface area contributed by atoms with Gasteiger partial charge in [0.15, 0.2) is 0 Å². The highest BCUT2D eigenvalue weighted by atomic mass is 16.2. The summed E-state index contributed by atoms with van der Waals surface area (Å²) in [5, 5.41) is 4.52. The zero-order chi connectivity index (χ0) is 17.2. The SMILES string of the molecule is O=C(c1cnc[nH]1)N1CCN(CCn2nc3c(cc2=O)CCC3)CC1. The maximum Gasteiger partial charge on any atom is 0.272 e. The van der Waals surface area contributed by atoms with Gasteiger partial charge in [-0.3, -0.25) is 14.5 Å². The molecule has 3 heterocycles. The fourth-order valence-corrected chi connectivity index (χ4v) is 3.55. The Balaban J connectivity index is 1.31. The summed E-state index contributed by atoms with van der Waals surface area (Å²) >= 11 is 0. The van der Waals surface area contributed by atoms with Crippen molar-refractivity contribution in [2.75, 3.05) is 32.7 Å². The molecule has 0 bridgehead atoms. The average molecular weight is 342 g/mol. The number of fused-ring (bicyclic) bond motifs is 1. The van der Waals surface area contributed by atoms with Gasteiger partial charge in [0.25, 0.3) is 11.5 Å². The Hall–Kier alpha value is -2.48. The predicted octanol–water partition coefficient (Wildman–Crippen LogP) is -0.0869. The molecule has 0 saturated carbocycles. The second kappa shape index (κ2) is 6.79. The van der Waals surface area contributed by atoms with Gasteiger partial charge in [-0.2, -0.15) is 5.10 Å². The van der Waals surface area contributed by atoms with Crippen LogP contribution in [0.4, 0.5) is 0 Å². The summed E-state index contributed by atoms with van der Waals surface area (Å²) in [6.45, 7) is 4.35. The number of rotatable bonds is 4. The summed E-state index contributed by atoms with van der Waals surface area (Å²) < 4.78 is 1.59. The standard InChI is InChI=1S/C17H22N6O2/c24-16-10-13-2-1-3-14(13)20-23(16)9-6-21-4-7-22(8-5-21)17(25)15-11-18-12-19-15/h10-12H,1-9H2,(H,18,19). The zero-order valence-corrected chi connectivity index (χ0v) is 14.1. The number of H-pyrrole nitrogens is 1. The van der Waals surface area contributed by atoms with Crippen LogP contribution in [0.1, 0.15) is 28.2 Å². The minimum Gasteiger partial charge on any atom is -0.341 e. The number of hydrogen-bond donors (Lipinski definition) is 1. The minimum absolute atomic E-state index is 0.00583. The summed E-state index contributed by atoms with van der Waals surface area (Å²) in [6.07, 6.45) is 6.12. The van der Waals surface area contributed by atoms with Crippen molar-refractivity contribution in [3.05, 3.63) is 45.9 Å². The fourth-order valence-electron chi connectivity index (χ4n) is 3.55. The van der Waals surface area contributed by atoms with E-state index in [0.717, 1.165) is 50.2 Å². The number of nitrogens with one attached hydrogen (secondary N) is 1. The van der Waals surface area contributed by atoms with E-state index in [4.69, 9.17) is 0 Å². The third kappa shape index (κ3) is 3.34. The molecule has 1 N–H and O–H groups in total. The summed E-state index contributed by atoms with van der Waals surface area (Å²) in [6, 6.07) is 1.75. The number of amides is 1. The van der Waals surface area contributed by atoms with Crippen LogP contribution in [0.5, 0.6) is 0 Å². The molecule has 2 aromatic heterocycles. The molecule has 4 rings (SSSR count). The zero-order valence-electron chi connectivity index (χ0n) is 14.1. The number of carbonyl (C=O) groups excluding carboxylic acids is 1. The van der Waals surface area contributed by atoms with Crippen LogP contribution < -0.4 is 5.56 Å². The van der Waals surface area contributed by atoms with Gasteiger partial charge < -0.3 is 9.88 Å². The van der Waals surface area contributed by atoms with Crippen LogP contribution >= 0.6 is 0 Å². The number of aromatic nitrogens is 4. The van der Waals surface area contributed by atoms with Gasteiger partial charge in [0.1, 0.15) is 5.69 Å². The highest BCUT2D eigenvalue weighted by Crippen LogP contribution is 2.17. The Bertz CT molecular complexity index is 805. The molecule has 25 heavy (non-hydrogen) atoms. The third-order valence-electron chi connectivity index (χ3n) is 5.04. The molecule has 1 aliphatic heterocycles. The van der Waals surface area contributed by atoms with Crippen LogP contribution in [0.15, 0.2) is 23.4 Å². The van der Waals surface area contributed by atoms with Crippen molar-refractivity contribution in [3.63, 3.8) is 0 Å². The predicted molar refractivity (Wildman–Crippen MR) is 91.5 cm³/mol. The quantitative estimate of drug-likeness (QED) is 0.839. The first kappa shape index (κ1) is 16.0. The van der Waals surface area contributed by atoms with Crippen LogP contribution in [-0.4, -0.2) is 68.2 Å². The second-order valence-corrected chi connectivity index (χ2v) is 6.63. The van der Waals surface area contributed by atoms with E-state index >= 15 is 0 Å². The van der Waals surface area contributed by atoms with Gasteiger partial charge in [-0.1, -0.05) is 0 Å². The number of imidazole rings is 1. The van der Waals surface area contributed by atoms with Gasteiger partial charge >= 0.3 is 0 Å². The maximum absolute atomic E-state index is 12.3. The van der Waals surface area contributed by atoms with E-state index in [1.165, 1.54) is 6.33 Å². The van der Waals surface area contributed by atoms with E-state index in [1.54, 1.807) is 16.9 Å². The van der Waals surface area contributed by atoms with Crippen LogP contribution in [-0.2, 0) is 19.4 Å². The highest BCUT2D eigenvalue weighted by Gasteiger charge is 2.23. The number of piperazine rings is 1. The normalized spacial score (nSPS) is 17.7. The molecule has 8 nitrogen and oxygen atoms in total. The maximum atomic E-state index is 12.3. The van der Waals surface area contributed by atoms with Crippen LogP contribution in [0.2, 0.25) is 0 Å². The van der Waals surface area contributed by atoms with Gasteiger partial charge in [0.05, 0.1) is 24.8 Å². The van der Waals surface area contributed by atoms with Gasteiger partial charge in [0.2, 0.25) is 0 Å². The van der Waals surface area contributed by atoms with Gasteiger partial charge in [-0.15, -0.1) is 0 Å². The first-order chi connectivity index (χ1) is 12.2. The van der Waals surface area contributed by atoms with Crippen molar-refractivity contribution in [1.82, 2.24) is 29.5 Å².